The Bertz CT molecular complexity index is 786. The zero-order valence-electron chi connectivity index (χ0n) is 14.1. The van der Waals surface area contributed by atoms with Gasteiger partial charge in [-0.25, -0.2) is 0 Å². The summed E-state index contributed by atoms with van der Waals surface area (Å²) in [6, 6.07) is 6.18. The second-order valence-corrected chi connectivity index (χ2v) is 8.52. The number of aryl methyl sites for hydroxylation is 1. The Morgan fingerprint density at radius 3 is 2.70 bits per heavy atom. The van der Waals surface area contributed by atoms with Crippen LogP contribution in [0.4, 0.5) is 0 Å². The van der Waals surface area contributed by atoms with Gasteiger partial charge in [0, 0.05) is 17.2 Å². The van der Waals surface area contributed by atoms with E-state index in [0.29, 0.717) is 5.41 Å². The van der Waals surface area contributed by atoms with Gasteiger partial charge in [-0.15, -0.1) is 0 Å². The van der Waals surface area contributed by atoms with Crippen LogP contribution in [0.15, 0.2) is 35.4 Å². The van der Waals surface area contributed by atoms with Crippen molar-refractivity contribution in [3.05, 3.63) is 45.5 Å². The molecule has 1 aliphatic rings. The maximum Gasteiger partial charge on any atom is 0.263 e. The first-order chi connectivity index (χ1) is 10.4. The first-order valence-electron chi connectivity index (χ1n) is 7.87. The van der Waals surface area contributed by atoms with Crippen molar-refractivity contribution in [2.45, 2.75) is 47.1 Å². The van der Waals surface area contributed by atoms with Crippen molar-refractivity contribution in [2.24, 2.45) is 5.41 Å². The highest BCUT2D eigenvalue weighted by Crippen LogP contribution is 2.38. The maximum atomic E-state index is 6.17. The molecular weight excluding hydrogens is 437 g/mol. The molecule has 0 unspecified atom stereocenters. The van der Waals surface area contributed by atoms with E-state index in [0.717, 1.165) is 18.0 Å². The fourth-order valence-corrected chi connectivity index (χ4v) is 4.90. The van der Waals surface area contributed by atoms with Gasteiger partial charge in [-0.2, -0.15) is 4.57 Å². The predicted octanol–water partition coefficient (Wildman–Crippen LogP) is 3.02. The van der Waals surface area contributed by atoms with Crippen LogP contribution >= 0.6 is 22.9 Å². The zero-order chi connectivity index (χ0) is 15.9. The maximum absolute atomic E-state index is 6.17. The Kier molecular flexibility index (Phi) is 5.96. The molecule has 2 aromatic rings. The normalized spacial score (nSPS) is 18.8. The van der Waals surface area contributed by atoms with Gasteiger partial charge in [0.05, 0.1) is 0 Å². The predicted molar refractivity (Wildman–Crippen MR) is 97.5 cm³/mol. The Morgan fingerprint density at radius 1 is 1.30 bits per heavy atom. The molecule has 0 saturated carbocycles. The molecule has 0 atom stereocenters. The summed E-state index contributed by atoms with van der Waals surface area (Å²) >= 11 is 8.02. The summed E-state index contributed by atoms with van der Waals surface area (Å²) in [5.41, 5.74) is 4.52. The van der Waals surface area contributed by atoms with Crippen LogP contribution in [-0.2, 0) is 6.54 Å². The lowest BCUT2D eigenvalue weighted by Gasteiger charge is -2.29. The van der Waals surface area contributed by atoms with E-state index in [2.05, 4.69) is 56.5 Å². The van der Waals surface area contributed by atoms with E-state index >= 15 is 0 Å². The number of aromatic nitrogens is 1. The van der Waals surface area contributed by atoms with Gasteiger partial charge >= 0.3 is 0 Å². The number of thiazole rings is 1. The molecule has 0 saturated heterocycles. The number of benzene rings is 1. The van der Waals surface area contributed by atoms with Crippen molar-refractivity contribution in [3.63, 3.8) is 0 Å². The van der Waals surface area contributed by atoms with Gasteiger partial charge in [0.15, 0.2) is 0 Å². The SMILES string of the molecule is CC[n+]1c(C=C2C=C(C)CC(C)(C)C2)sc2ccc(Cl)cc21.[I-]. The Hall–Kier alpha value is -0.390. The number of rotatable bonds is 2. The van der Waals surface area contributed by atoms with Gasteiger partial charge < -0.3 is 24.0 Å². The molecule has 4 heteroatoms. The summed E-state index contributed by atoms with van der Waals surface area (Å²) in [7, 11) is 0. The molecule has 0 radical (unpaired) electrons. The average Bonchev–Trinajstić information content (AvgIpc) is 2.72. The molecule has 0 spiro atoms. The van der Waals surface area contributed by atoms with Crippen molar-refractivity contribution >= 4 is 39.2 Å². The van der Waals surface area contributed by atoms with Crippen LogP contribution in [0.3, 0.4) is 0 Å². The van der Waals surface area contributed by atoms with E-state index in [-0.39, 0.29) is 24.0 Å². The Morgan fingerprint density at radius 2 is 2.04 bits per heavy atom. The lowest BCUT2D eigenvalue weighted by Crippen LogP contribution is -3.00. The highest BCUT2D eigenvalue weighted by atomic mass is 127. The first-order valence-corrected chi connectivity index (χ1v) is 9.07. The van der Waals surface area contributed by atoms with Gasteiger partial charge in [0.25, 0.3) is 5.01 Å². The summed E-state index contributed by atoms with van der Waals surface area (Å²) in [4.78, 5) is 0. The third-order valence-electron chi connectivity index (χ3n) is 4.19. The van der Waals surface area contributed by atoms with Crippen molar-refractivity contribution in [2.75, 3.05) is 0 Å². The third-order valence-corrected chi connectivity index (χ3v) is 5.54. The van der Waals surface area contributed by atoms with Gasteiger partial charge in [-0.05, 0) is 49.8 Å². The number of halogens is 2. The molecule has 3 rings (SSSR count). The molecule has 1 nitrogen and oxygen atoms in total. The van der Waals surface area contributed by atoms with E-state index in [1.54, 1.807) is 0 Å². The highest BCUT2D eigenvalue weighted by Gasteiger charge is 2.25. The summed E-state index contributed by atoms with van der Waals surface area (Å²) in [6.45, 7) is 10.1. The highest BCUT2D eigenvalue weighted by molar-refractivity contribution is 7.18. The molecule has 124 valence electrons. The van der Waals surface area contributed by atoms with Crippen molar-refractivity contribution in [1.82, 2.24) is 0 Å². The Balaban J connectivity index is 0.00000192. The molecule has 1 aromatic heterocycles. The number of allylic oxidation sites excluding steroid dienone is 3. The van der Waals surface area contributed by atoms with Crippen LogP contribution in [0, 0.1) is 5.41 Å². The molecule has 23 heavy (non-hydrogen) atoms. The molecule has 0 bridgehead atoms. The minimum Gasteiger partial charge on any atom is -1.00 e. The van der Waals surface area contributed by atoms with Crippen LogP contribution < -0.4 is 28.5 Å². The molecule has 0 amide bonds. The van der Waals surface area contributed by atoms with Crippen molar-refractivity contribution in [1.29, 1.82) is 0 Å². The lowest BCUT2D eigenvalue weighted by atomic mass is 9.75. The van der Waals surface area contributed by atoms with Crippen LogP contribution in [0.1, 0.15) is 45.5 Å². The van der Waals surface area contributed by atoms with Crippen LogP contribution in [-0.4, -0.2) is 0 Å². The lowest BCUT2D eigenvalue weighted by molar-refractivity contribution is -0.665. The van der Waals surface area contributed by atoms with Gasteiger partial charge in [-0.1, -0.05) is 48.4 Å². The Labute approximate surface area is 165 Å². The summed E-state index contributed by atoms with van der Waals surface area (Å²) < 4.78 is 3.66. The minimum absolute atomic E-state index is 0. The van der Waals surface area contributed by atoms with Crippen molar-refractivity contribution < 1.29 is 28.5 Å². The average molecular weight is 460 g/mol. The van der Waals surface area contributed by atoms with Crippen molar-refractivity contribution in [3.8, 4) is 0 Å². The molecule has 1 aromatic carbocycles. The summed E-state index contributed by atoms with van der Waals surface area (Å²) in [5, 5.41) is 2.12. The second-order valence-electron chi connectivity index (χ2n) is 7.02. The summed E-state index contributed by atoms with van der Waals surface area (Å²) in [5.74, 6) is 0. The zero-order valence-corrected chi connectivity index (χ0v) is 17.8. The molecule has 1 heterocycles. The molecular formula is C19H23ClINS. The quantitative estimate of drug-likeness (QED) is 0.480. The van der Waals surface area contributed by atoms with Crippen LogP contribution in [0.5, 0.6) is 0 Å². The van der Waals surface area contributed by atoms with E-state index in [9.17, 15) is 0 Å². The minimum atomic E-state index is 0. The summed E-state index contributed by atoms with van der Waals surface area (Å²) in [6.07, 6.45) is 7.07. The van der Waals surface area contributed by atoms with Crippen LogP contribution in [0.2, 0.25) is 5.02 Å². The van der Waals surface area contributed by atoms with E-state index in [4.69, 9.17) is 11.6 Å². The van der Waals surface area contributed by atoms with Gasteiger partial charge in [0.2, 0.25) is 5.52 Å². The standard InChI is InChI=1S/C19H23ClNS.HI/c1-5-21-16-10-15(20)6-7-17(16)22-18(21)9-14-8-13(2)11-19(3,4)12-14;/h6-10H,5,11-12H2,1-4H3;1H/q+1;/p-1. The molecule has 0 aliphatic heterocycles. The fourth-order valence-electron chi connectivity index (χ4n) is 3.55. The molecule has 1 aliphatic carbocycles. The fraction of sp³-hybridized carbons (Fsp3) is 0.421. The monoisotopic (exact) mass is 459 g/mol. The van der Waals surface area contributed by atoms with Crippen LogP contribution in [0.25, 0.3) is 16.3 Å². The van der Waals surface area contributed by atoms with Gasteiger partial charge in [-0.3, -0.25) is 0 Å². The second kappa shape index (κ2) is 7.24. The smallest absolute Gasteiger partial charge is 0.263 e. The molecule has 0 N–H and O–H groups in total. The third kappa shape index (κ3) is 4.18. The topological polar surface area (TPSA) is 3.88 Å². The van der Waals surface area contributed by atoms with Gasteiger partial charge in [0.1, 0.15) is 11.2 Å². The van der Waals surface area contributed by atoms with E-state index in [1.807, 2.05) is 17.4 Å². The number of hydrogen-bond donors (Lipinski definition) is 0. The van der Waals surface area contributed by atoms with E-state index in [1.165, 1.54) is 32.8 Å². The number of hydrogen-bond acceptors (Lipinski definition) is 1. The number of fused-ring (bicyclic) bond motifs is 1. The number of nitrogens with zero attached hydrogens (tertiary/aromatic N) is 1. The molecule has 0 fully saturated rings. The largest absolute Gasteiger partial charge is 1.00 e. The van der Waals surface area contributed by atoms with E-state index < -0.39 is 0 Å². The first kappa shape index (κ1) is 18.9.